The Morgan fingerprint density at radius 3 is 2.25 bits per heavy atom. The molecule has 0 radical (unpaired) electrons. The molecule has 20 heavy (non-hydrogen) atoms. The van der Waals surface area contributed by atoms with Crippen molar-refractivity contribution in [3.05, 3.63) is 10.6 Å². The molecule has 1 rings (SSSR count). The highest BCUT2D eigenvalue weighted by atomic mass is 79.9. The van der Waals surface area contributed by atoms with Gasteiger partial charge >= 0.3 is 17.9 Å². The van der Waals surface area contributed by atoms with Crippen LogP contribution in [0.5, 0.6) is 0 Å². The Bertz CT molecular complexity index is 496. The van der Waals surface area contributed by atoms with Gasteiger partial charge in [-0.1, -0.05) is 0 Å². The van der Waals surface area contributed by atoms with Crippen LogP contribution in [0.4, 0.5) is 0 Å². The summed E-state index contributed by atoms with van der Waals surface area (Å²) >= 11 is 3.00. The monoisotopic (exact) mass is 348 g/mol. The van der Waals surface area contributed by atoms with Crippen LogP contribution in [0.3, 0.4) is 0 Å². The molecule has 1 aliphatic carbocycles. The zero-order valence-electron chi connectivity index (χ0n) is 11.1. The molecule has 0 aromatic rings. The van der Waals surface area contributed by atoms with Crippen LogP contribution in [0.1, 0.15) is 20.8 Å². The number of hydrogen-bond donors (Lipinski definition) is 0. The van der Waals surface area contributed by atoms with Crippen LogP contribution < -0.4 is 0 Å². The van der Waals surface area contributed by atoms with Gasteiger partial charge in [0.25, 0.3) is 0 Å². The highest BCUT2D eigenvalue weighted by Crippen LogP contribution is 2.35. The van der Waals surface area contributed by atoms with Gasteiger partial charge in [-0.2, -0.15) is 0 Å². The quantitative estimate of drug-likeness (QED) is 0.543. The average Bonchev–Trinajstić information content (AvgIpc) is 2.51. The summed E-state index contributed by atoms with van der Waals surface area (Å²) in [6.07, 6.45) is 0.126. The number of esters is 3. The fourth-order valence-electron chi connectivity index (χ4n) is 1.73. The second kappa shape index (κ2) is 6.17. The lowest BCUT2D eigenvalue weighted by Gasteiger charge is -2.31. The van der Waals surface area contributed by atoms with Gasteiger partial charge in [-0.3, -0.25) is 19.2 Å². The number of carbonyl (C=O) groups is 4. The first-order chi connectivity index (χ1) is 9.19. The second-order valence-corrected chi connectivity index (χ2v) is 4.99. The Labute approximate surface area is 123 Å². The number of carbonyl (C=O) groups excluding carboxylic acids is 4. The Hall–Kier alpha value is -1.70. The van der Waals surface area contributed by atoms with Crippen molar-refractivity contribution in [3.8, 4) is 0 Å². The zero-order valence-corrected chi connectivity index (χ0v) is 12.7. The summed E-state index contributed by atoms with van der Waals surface area (Å²) in [5.74, 6) is -2.73. The Morgan fingerprint density at radius 1 is 1.20 bits per heavy atom. The molecule has 8 heteroatoms. The van der Waals surface area contributed by atoms with E-state index in [0.29, 0.717) is 0 Å². The van der Waals surface area contributed by atoms with Crippen molar-refractivity contribution >= 4 is 39.6 Å². The van der Waals surface area contributed by atoms with Gasteiger partial charge in [-0.05, 0) is 22.0 Å². The van der Waals surface area contributed by atoms with Crippen molar-refractivity contribution in [2.24, 2.45) is 0 Å². The summed E-state index contributed by atoms with van der Waals surface area (Å²) in [6.45, 7) is 2.85. The minimum absolute atomic E-state index is 0.0807. The van der Waals surface area contributed by atoms with E-state index in [1.807, 2.05) is 0 Å². The van der Waals surface area contributed by atoms with Crippen LogP contribution in [-0.4, -0.2) is 42.0 Å². The van der Waals surface area contributed by atoms with Crippen molar-refractivity contribution in [3.63, 3.8) is 0 Å². The molecule has 0 heterocycles. The first-order valence-corrected chi connectivity index (χ1v) is 6.40. The molecule has 0 saturated carbocycles. The molecule has 0 spiro atoms. The number of hydrogen-bond acceptors (Lipinski definition) is 7. The molecule has 0 N–H and O–H groups in total. The first-order valence-electron chi connectivity index (χ1n) is 5.61. The van der Waals surface area contributed by atoms with E-state index in [0.717, 1.165) is 20.8 Å². The molecule has 2 atom stereocenters. The van der Waals surface area contributed by atoms with Crippen LogP contribution in [0.2, 0.25) is 0 Å². The standard InChI is InChI=1S/C12H13BrO7/c1-6(14)18-5-12(20-8(3)16)10(19-7(2)15)4-9(13)11(12)17/h4,10H,5H2,1-3H3/t10-,12-/m0/s1. The smallest absolute Gasteiger partial charge is 0.303 e. The molecule has 0 aromatic heterocycles. The summed E-state index contributed by atoms with van der Waals surface area (Å²) < 4.78 is 14.8. The Morgan fingerprint density at radius 2 is 1.80 bits per heavy atom. The fraction of sp³-hybridized carbons (Fsp3) is 0.500. The van der Waals surface area contributed by atoms with E-state index in [1.54, 1.807) is 0 Å². The van der Waals surface area contributed by atoms with Gasteiger partial charge in [0.05, 0.1) is 4.48 Å². The maximum atomic E-state index is 12.2. The average molecular weight is 349 g/mol. The van der Waals surface area contributed by atoms with E-state index in [2.05, 4.69) is 15.9 Å². The van der Waals surface area contributed by atoms with E-state index in [4.69, 9.17) is 14.2 Å². The summed E-state index contributed by atoms with van der Waals surface area (Å²) in [6, 6.07) is 0. The third-order valence-corrected chi connectivity index (χ3v) is 3.09. The highest BCUT2D eigenvalue weighted by Gasteiger charge is 2.56. The lowest BCUT2D eigenvalue weighted by atomic mass is 9.98. The van der Waals surface area contributed by atoms with E-state index in [1.165, 1.54) is 6.08 Å². The summed E-state index contributed by atoms with van der Waals surface area (Å²) in [4.78, 5) is 45.5. The zero-order chi connectivity index (χ0) is 15.5. The maximum Gasteiger partial charge on any atom is 0.303 e. The predicted octanol–water partition coefficient (Wildman–Crippen LogP) is 0.645. The number of rotatable bonds is 4. The molecule has 1 aliphatic rings. The van der Waals surface area contributed by atoms with Gasteiger partial charge in [-0.15, -0.1) is 0 Å². The molecule has 0 saturated heterocycles. The van der Waals surface area contributed by atoms with E-state index < -0.39 is 42.0 Å². The lowest BCUT2D eigenvalue weighted by Crippen LogP contribution is -2.54. The van der Waals surface area contributed by atoms with Gasteiger partial charge in [0.15, 0.2) is 6.10 Å². The minimum atomic E-state index is -1.89. The molecule has 0 unspecified atom stereocenters. The summed E-state index contributed by atoms with van der Waals surface area (Å²) in [5.41, 5.74) is -1.89. The second-order valence-electron chi connectivity index (χ2n) is 4.14. The van der Waals surface area contributed by atoms with Crippen LogP contribution in [0, 0.1) is 0 Å². The molecular weight excluding hydrogens is 336 g/mol. The number of ether oxygens (including phenoxy) is 3. The molecule has 0 bridgehead atoms. The third kappa shape index (κ3) is 3.44. The molecule has 0 amide bonds. The predicted molar refractivity (Wildman–Crippen MR) is 68.7 cm³/mol. The molecular formula is C12H13BrO7. The van der Waals surface area contributed by atoms with Gasteiger partial charge in [-0.25, -0.2) is 0 Å². The first kappa shape index (κ1) is 16.4. The van der Waals surface area contributed by atoms with Crippen LogP contribution >= 0.6 is 15.9 Å². The van der Waals surface area contributed by atoms with Gasteiger partial charge < -0.3 is 14.2 Å². The van der Waals surface area contributed by atoms with Crippen molar-refractivity contribution < 1.29 is 33.4 Å². The normalized spacial score (nSPS) is 24.9. The highest BCUT2D eigenvalue weighted by molar-refractivity contribution is 9.12. The van der Waals surface area contributed by atoms with Crippen molar-refractivity contribution in [1.82, 2.24) is 0 Å². The molecule has 0 fully saturated rings. The molecule has 7 nitrogen and oxygen atoms in total. The third-order valence-electron chi connectivity index (χ3n) is 2.47. The Kier molecular flexibility index (Phi) is 5.04. The largest absolute Gasteiger partial charge is 0.461 e. The molecule has 110 valence electrons. The minimum Gasteiger partial charge on any atom is -0.461 e. The maximum absolute atomic E-state index is 12.2. The number of ketones is 1. The summed E-state index contributed by atoms with van der Waals surface area (Å²) in [7, 11) is 0. The number of Topliss-reactive ketones (excluding diaryl/α,β-unsaturated/α-hetero) is 1. The summed E-state index contributed by atoms with van der Waals surface area (Å²) in [5, 5.41) is 0. The topological polar surface area (TPSA) is 96.0 Å². The lowest BCUT2D eigenvalue weighted by molar-refractivity contribution is -0.189. The van der Waals surface area contributed by atoms with Crippen molar-refractivity contribution in [1.29, 1.82) is 0 Å². The van der Waals surface area contributed by atoms with Crippen LogP contribution in [-0.2, 0) is 33.4 Å². The van der Waals surface area contributed by atoms with E-state index in [9.17, 15) is 19.2 Å². The Balaban J connectivity index is 3.15. The van der Waals surface area contributed by atoms with Crippen molar-refractivity contribution in [2.75, 3.05) is 6.61 Å². The molecule has 0 aliphatic heterocycles. The molecule has 0 aromatic carbocycles. The fourth-order valence-corrected chi connectivity index (χ4v) is 2.31. The van der Waals surface area contributed by atoms with Gasteiger partial charge in [0.2, 0.25) is 11.4 Å². The van der Waals surface area contributed by atoms with Gasteiger partial charge in [0, 0.05) is 20.8 Å². The van der Waals surface area contributed by atoms with Crippen LogP contribution in [0.25, 0.3) is 0 Å². The number of halogens is 1. The van der Waals surface area contributed by atoms with E-state index >= 15 is 0 Å². The van der Waals surface area contributed by atoms with E-state index in [-0.39, 0.29) is 4.48 Å². The van der Waals surface area contributed by atoms with Crippen LogP contribution in [0.15, 0.2) is 10.6 Å². The van der Waals surface area contributed by atoms with Crippen molar-refractivity contribution in [2.45, 2.75) is 32.5 Å². The van der Waals surface area contributed by atoms with Gasteiger partial charge in [0.1, 0.15) is 6.61 Å². The SMILES string of the molecule is CC(=O)OC[C@@]1(OC(C)=O)C(=O)C(Br)=C[C@@H]1OC(C)=O.